The third kappa shape index (κ3) is 3.10. The molecule has 1 saturated heterocycles. The molecule has 6 heteroatoms. The van der Waals surface area contributed by atoms with E-state index in [-0.39, 0.29) is 11.5 Å². The number of hydrogen-bond acceptors (Lipinski definition) is 4. The normalized spacial score (nSPS) is 24.9. The molecule has 1 aromatic rings. The summed E-state index contributed by atoms with van der Waals surface area (Å²) in [6.07, 6.45) is 0.862. The Hall–Kier alpha value is -1.06. The molecule has 4 nitrogen and oxygen atoms in total. The summed E-state index contributed by atoms with van der Waals surface area (Å²) < 4.78 is 29.1. The standard InChI is InChI=1S/C13H14BrNO3S/c1-18-12-3-2-10(6-11(12)14)7-13(8-15)4-5-19(16,17)9-13/h2-3,6H,4-5,7,9H2,1H3. The predicted octanol–water partition coefficient (Wildman–Crippen LogP) is 2.33. The van der Waals surface area contributed by atoms with E-state index >= 15 is 0 Å². The van der Waals surface area contributed by atoms with Gasteiger partial charge in [0.25, 0.3) is 0 Å². The Morgan fingerprint density at radius 1 is 1.53 bits per heavy atom. The second kappa shape index (κ2) is 5.14. The van der Waals surface area contributed by atoms with E-state index < -0.39 is 15.3 Å². The van der Waals surface area contributed by atoms with E-state index in [4.69, 9.17) is 4.74 Å². The molecular weight excluding hydrogens is 330 g/mol. The molecule has 1 aromatic carbocycles. The quantitative estimate of drug-likeness (QED) is 0.844. The molecule has 0 aromatic heterocycles. The van der Waals surface area contributed by atoms with E-state index in [0.29, 0.717) is 18.6 Å². The van der Waals surface area contributed by atoms with Crippen molar-refractivity contribution in [2.24, 2.45) is 5.41 Å². The molecule has 2 rings (SSSR count). The zero-order chi connectivity index (χ0) is 14.1. The van der Waals surface area contributed by atoms with Crippen molar-refractivity contribution >= 4 is 25.8 Å². The maximum Gasteiger partial charge on any atom is 0.151 e. The van der Waals surface area contributed by atoms with Gasteiger partial charge in [0.15, 0.2) is 9.84 Å². The molecule has 1 aliphatic heterocycles. The van der Waals surface area contributed by atoms with E-state index in [2.05, 4.69) is 22.0 Å². The number of benzene rings is 1. The van der Waals surface area contributed by atoms with Crippen LogP contribution in [-0.2, 0) is 16.3 Å². The highest BCUT2D eigenvalue weighted by atomic mass is 79.9. The minimum Gasteiger partial charge on any atom is -0.496 e. The highest BCUT2D eigenvalue weighted by Crippen LogP contribution is 2.36. The largest absolute Gasteiger partial charge is 0.496 e. The first-order chi connectivity index (χ1) is 8.90. The number of rotatable bonds is 3. The minimum absolute atomic E-state index is 0.0415. The summed E-state index contributed by atoms with van der Waals surface area (Å²) in [5.41, 5.74) is 0.152. The van der Waals surface area contributed by atoms with Crippen LogP contribution in [0.2, 0.25) is 0 Å². The van der Waals surface area contributed by atoms with Crippen LogP contribution in [-0.4, -0.2) is 27.0 Å². The maximum absolute atomic E-state index is 11.6. The Bertz CT molecular complexity index is 636. The summed E-state index contributed by atoms with van der Waals surface area (Å²) in [6, 6.07) is 7.76. The van der Waals surface area contributed by atoms with E-state index in [1.807, 2.05) is 18.2 Å². The SMILES string of the molecule is COc1ccc(CC2(C#N)CCS(=O)(=O)C2)cc1Br. The van der Waals surface area contributed by atoms with Crippen LogP contribution in [0.1, 0.15) is 12.0 Å². The van der Waals surface area contributed by atoms with Gasteiger partial charge in [-0.25, -0.2) is 8.42 Å². The van der Waals surface area contributed by atoms with E-state index in [9.17, 15) is 13.7 Å². The molecule has 0 radical (unpaired) electrons. The number of hydrogen-bond donors (Lipinski definition) is 0. The molecule has 0 bridgehead atoms. The van der Waals surface area contributed by atoms with Crippen LogP contribution in [0.3, 0.4) is 0 Å². The van der Waals surface area contributed by atoms with Crippen LogP contribution in [0.15, 0.2) is 22.7 Å². The van der Waals surface area contributed by atoms with Crippen molar-refractivity contribution in [2.75, 3.05) is 18.6 Å². The van der Waals surface area contributed by atoms with Gasteiger partial charge in [0.05, 0.1) is 34.6 Å². The van der Waals surface area contributed by atoms with Crippen LogP contribution in [0, 0.1) is 16.7 Å². The van der Waals surface area contributed by atoms with Gasteiger partial charge in [-0.15, -0.1) is 0 Å². The van der Waals surface area contributed by atoms with Crippen molar-refractivity contribution in [3.63, 3.8) is 0 Å². The summed E-state index contributed by atoms with van der Waals surface area (Å²) in [6.45, 7) is 0. The third-order valence-electron chi connectivity index (χ3n) is 3.38. The van der Waals surface area contributed by atoms with E-state index in [1.54, 1.807) is 7.11 Å². The fraction of sp³-hybridized carbons (Fsp3) is 0.462. The molecule has 0 amide bonds. The van der Waals surface area contributed by atoms with Gasteiger partial charge in [-0.1, -0.05) is 6.07 Å². The molecule has 0 saturated carbocycles. The second-order valence-electron chi connectivity index (χ2n) is 4.88. The highest BCUT2D eigenvalue weighted by molar-refractivity contribution is 9.10. The van der Waals surface area contributed by atoms with Crippen molar-refractivity contribution in [3.05, 3.63) is 28.2 Å². The molecule has 0 N–H and O–H groups in total. The van der Waals surface area contributed by atoms with Crippen molar-refractivity contribution in [1.82, 2.24) is 0 Å². The molecule has 1 fully saturated rings. The fourth-order valence-corrected chi connectivity index (χ4v) is 4.98. The van der Waals surface area contributed by atoms with E-state index in [1.165, 1.54) is 0 Å². The Kier molecular flexibility index (Phi) is 3.88. The van der Waals surface area contributed by atoms with E-state index in [0.717, 1.165) is 10.0 Å². The number of ether oxygens (including phenoxy) is 1. The van der Waals surface area contributed by atoms with Crippen molar-refractivity contribution < 1.29 is 13.2 Å². The second-order valence-corrected chi connectivity index (χ2v) is 7.92. The zero-order valence-corrected chi connectivity index (χ0v) is 12.9. The number of sulfone groups is 1. The molecular formula is C13H14BrNO3S. The van der Waals surface area contributed by atoms with Gasteiger partial charge < -0.3 is 4.74 Å². The summed E-state index contributed by atoms with van der Waals surface area (Å²) in [4.78, 5) is 0. The topological polar surface area (TPSA) is 67.2 Å². The highest BCUT2D eigenvalue weighted by Gasteiger charge is 2.42. The van der Waals surface area contributed by atoms with Crippen LogP contribution in [0.25, 0.3) is 0 Å². The minimum atomic E-state index is -3.07. The first-order valence-electron chi connectivity index (χ1n) is 5.84. The van der Waals surface area contributed by atoms with Gasteiger partial charge in [-0.05, 0) is 46.5 Å². The third-order valence-corrected chi connectivity index (χ3v) is 5.82. The molecule has 19 heavy (non-hydrogen) atoms. The van der Waals surface area contributed by atoms with Crippen molar-refractivity contribution in [1.29, 1.82) is 5.26 Å². The van der Waals surface area contributed by atoms with Crippen LogP contribution in [0.5, 0.6) is 5.75 Å². The van der Waals surface area contributed by atoms with Crippen LogP contribution < -0.4 is 4.74 Å². The lowest BCUT2D eigenvalue weighted by Gasteiger charge is -2.19. The lowest BCUT2D eigenvalue weighted by Crippen LogP contribution is -2.23. The molecule has 0 spiro atoms. The average molecular weight is 344 g/mol. The lowest BCUT2D eigenvalue weighted by atomic mass is 9.83. The molecule has 1 unspecified atom stereocenters. The number of methoxy groups -OCH3 is 1. The van der Waals surface area contributed by atoms with Gasteiger partial charge in [0.2, 0.25) is 0 Å². The molecule has 1 atom stereocenters. The monoisotopic (exact) mass is 343 g/mol. The molecule has 1 aliphatic rings. The van der Waals surface area contributed by atoms with Gasteiger partial charge in [0.1, 0.15) is 5.75 Å². The van der Waals surface area contributed by atoms with Gasteiger partial charge in [-0.3, -0.25) is 0 Å². The molecule has 102 valence electrons. The smallest absolute Gasteiger partial charge is 0.151 e. The summed E-state index contributed by atoms with van der Waals surface area (Å²) in [5, 5.41) is 9.33. The van der Waals surface area contributed by atoms with Gasteiger partial charge >= 0.3 is 0 Å². The maximum atomic E-state index is 11.6. The summed E-state index contributed by atoms with van der Waals surface area (Å²) in [7, 11) is -1.48. The number of nitrogens with zero attached hydrogens (tertiary/aromatic N) is 1. The number of nitriles is 1. The first kappa shape index (κ1) is 14.4. The first-order valence-corrected chi connectivity index (χ1v) is 8.45. The lowest BCUT2D eigenvalue weighted by molar-refractivity contribution is 0.411. The molecule has 0 aliphatic carbocycles. The Labute approximate surface area is 121 Å². The Morgan fingerprint density at radius 2 is 2.26 bits per heavy atom. The number of halogens is 1. The van der Waals surface area contributed by atoms with Crippen molar-refractivity contribution in [2.45, 2.75) is 12.8 Å². The Morgan fingerprint density at radius 3 is 2.74 bits per heavy atom. The zero-order valence-electron chi connectivity index (χ0n) is 10.5. The Balaban J connectivity index is 2.25. The predicted molar refractivity (Wildman–Crippen MR) is 75.7 cm³/mol. The van der Waals surface area contributed by atoms with Crippen molar-refractivity contribution in [3.8, 4) is 11.8 Å². The van der Waals surface area contributed by atoms with Crippen LogP contribution in [0.4, 0.5) is 0 Å². The average Bonchev–Trinajstić information content (AvgIpc) is 2.66. The summed E-state index contributed by atoms with van der Waals surface area (Å²) >= 11 is 3.39. The summed E-state index contributed by atoms with van der Waals surface area (Å²) in [5.74, 6) is 0.784. The fourth-order valence-electron chi connectivity index (χ4n) is 2.39. The molecule has 1 heterocycles. The van der Waals surface area contributed by atoms with Gasteiger partial charge in [-0.2, -0.15) is 5.26 Å². The van der Waals surface area contributed by atoms with Crippen LogP contribution >= 0.6 is 15.9 Å². The van der Waals surface area contributed by atoms with Gasteiger partial charge in [0, 0.05) is 0 Å².